The van der Waals surface area contributed by atoms with E-state index in [0.717, 1.165) is 29.8 Å². The van der Waals surface area contributed by atoms with Gasteiger partial charge in [-0.25, -0.2) is 4.79 Å². The van der Waals surface area contributed by atoms with Crippen LogP contribution < -0.4 is 10.1 Å². The van der Waals surface area contributed by atoms with E-state index in [-0.39, 0.29) is 12.4 Å². The number of nitrogens with one attached hydrogen (secondary N) is 1. The first-order valence-corrected chi connectivity index (χ1v) is 9.21. The summed E-state index contributed by atoms with van der Waals surface area (Å²) in [6.07, 6.45) is 2.14. The zero-order chi connectivity index (χ0) is 18.7. The van der Waals surface area contributed by atoms with Crippen LogP contribution in [0.4, 0.5) is 0 Å². The molecule has 26 heavy (non-hydrogen) atoms. The Bertz CT molecular complexity index is 791. The van der Waals surface area contributed by atoms with Crippen molar-refractivity contribution in [3.8, 4) is 5.75 Å². The zero-order valence-corrected chi connectivity index (χ0v) is 15.6. The third kappa shape index (κ3) is 3.26. The number of rotatable bonds is 5. The molecular formula is C21H25NO4. The Morgan fingerprint density at radius 1 is 1.19 bits per heavy atom. The number of esters is 1. The van der Waals surface area contributed by atoms with Crippen LogP contribution in [-0.2, 0) is 14.3 Å². The number of dihydropyridines is 1. The maximum Gasteiger partial charge on any atom is 0.336 e. The van der Waals surface area contributed by atoms with Crippen LogP contribution in [0.5, 0.6) is 5.75 Å². The molecule has 0 radical (unpaired) electrons. The molecule has 0 spiro atoms. The molecule has 1 aromatic rings. The van der Waals surface area contributed by atoms with Gasteiger partial charge >= 0.3 is 5.97 Å². The highest BCUT2D eigenvalue weighted by Gasteiger charge is 2.40. The molecular weight excluding hydrogens is 330 g/mol. The van der Waals surface area contributed by atoms with E-state index < -0.39 is 11.9 Å². The molecule has 0 saturated heterocycles. The average molecular weight is 355 g/mol. The van der Waals surface area contributed by atoms with Crippen LogP contribution in [0.15, 0.2) is 46.8 Å². The van der Waals surface area contributed by atoms with Crippen LogP contribution >= 0.6 is 0 Å². The first-order valence-electron chi connectivity index (χ1n) is 9.21. The van der Waals surface area contributed by atoms with Gasteiger partial charge in [0.1, 0.15) is 5.75 Å². The quantitative estimate of drug-likeness (QED) is 0.818. The number of carbonyl (C=O) groups excluding carboxylic acids is 2. The third-order valence-electron chi connectivity index (χ3n) is 4.80. The van der Waals surface area contributed by atoms with E-state index in [1.165, 1.54) is 0 Å². The molecule has 5 heteroatoms. The lowest BCUT2D eigenvalue weighted by Gasteiger charge is -2.34. The summed E-state index contributed by atoms with van der Waals surface area (Å²) in [5.41, 5.74) is 3.67. The van der Waals surface area contributed by atoms with Crippen molar-refractivity contribution in [2.45, 2.75) is 46.0 Å². The topological polar surface area (TPSA) is 64.6 Å². The van der Waals surface area contributed by atoms with E-state index >= 15 is 0 Å². The minimum atomic E-state index is -0.458. The maximum atomic E-state index is 12.8. The molecule has 1 aromatic carbocycles. The number of Topliss-reactive ketones (excluding diaryl/α,β-unsaturated/α-hetero) is 1. The van der Waals surface area contributed by atoms with Crippen molar-refractivity contribution in [1.82, 2.24) is 5.32 Å². The molecule has 138 valence electrons. The molecule has 3 rings (SSSR count). The molecule has 1 N–H and O–H groups in total. The molecule has 0 amide bonds. The van der Waals surface area contributed by atoms with Crippen LogP contribution in [0, 0.1) is 0 Å². The van der Waals surface area contributed by atoms with Gasteiger partial charge in [-0.1, -0.05) is 18.2 Å². The summed E-state index contributed by atoms with van der Waals surface area (Å²) in [6.45, 7) is 6.37. The molecule has 1 aliphatic carbocycles. The van der Waals surface area contributed by atoms with E-state index in [1.54, 1.807) is 6.92 Å². The average Bonchev–Trinajstić information content (AvgIpc) is 2.62. The van der Waals surface area contributed by atoms with Crippen LogP contribution in [0.2, 0.25) is 0 Å². The molecule has 2 aliphatic rings. The number of hydrogen-bond donors (Lipinski definition) is 1. The Balaban J connectivity index is 2.19. The normalized spacial score (nSPS) is 19.8. The number of hydrogen-bond acceptors (Lipinski definition) is 5. The van der Waals surface area contributed by atoms with E-state index in [2.05, 4.69) is 5.32 Å². The number of ether oxygens (including phenoxy) is 2. The van der Waals surface area contributed by atoms with Crippen molar-refractivity contribution in [3.05, 3.63) is 52.4 Å². The van der Waals surface area contributed by atoms with E-state index in [0.29, 0.717) is 29.9 Å². The van der Waals surface area contributed by atoms with Crippen molar-refractivity contribution in [3.63, 3.8) is 0 Å². The van der Waals surface area contributed by atoms with Crippen LogP contribution in [0.25, 0.3) is 0 Å². The fourth-order valence-electron chi connectivity index (χ4n) is 3.78. The highest BCUT2D eigenvalue weighted by molar-refractivity contribution is 6.04. The third-order valence-corrected chi connectivity index (χ3v) is 4.80. The molecule has 0 aromatic heterocycles. The first kappa shape index (κ1) is 18.2. The van der Waals surface area contributed by atoms with Crippen molar-refractivity contribution in [2.75, 3.05) is 13.2 Å². The lowest BCUT2D eigenvalue weighted by molar-refractivity contribution is -0.138. The predicted molar refractivity (Wildman–Crippen MR) is 98.7 cm³/mol. The number of allylic oxidation sites excluding steroid dienone is 3. The summed E-state index contributed by atoms with van der Waals surface area (Å²) in [5, 5.41) is 3.29. The maximum absolute atomic E-state index is 12.8. The Hall–Kier alpha value is -2.56. The standard InChI is InChI=1S/C21H25NO4/c1-4-25-17-12-7-6-9-14(17)19-18(21(24)26-5-2)13(3)22-15-10-8-11-16(23)20(15)19/h6-7,9,12,19,22H,4-5,8,10-11H2,1-3H3/t19-/m0/s1. The second kappa shape index (κ2) is 7.77. The molecule has 1 aliphatic heterocycles. The molecule has 5 nitrogen and oxygen atoms in total. The van der Waals surface area contributed by atoms with Gasteiger partial charge in [0.2, 0.25) is 0 Å². The monoisotopic (exact) mass is 355 g/mol. The molecule has 0 unspecified atom stereocenters. The van der Waals surface area contributed by atoms with Crippen LogP contribution in [0.3, 0.4) is 0 Å². The van der Waals surface area contributed by atoms with Gasteiger partial charge in [0.15, 0.2) is 5.78 Å². The van der Waals surface area contributed by atoms with Crippen LogP contribution in [-0.4, -0.2) is 25.0 Å². The van der Waals surface area contributed by atoms with Crippen molar-refractivity contribution in [2.24, 2.45) is 0 Å². The van der Waals surface area contributed by atoms with E-state index in [4.69, 9.17) is 9.47 Å². The van der Waals surface area contributed by atoms with Crippen molar-refractivity contribution in [1.29, 1.82) is 0 Å². The van der Waals surface area contributed by atoms with Gasteiger partial charge in [-0.3, -0.25) is 4.79 Å². The number of para-hydroxylation sites is 1. The minimum absolute atomic E-state index is 0.0874. The summed E-state index contributed by atoms with van der Waals surface area (Å²) in [4.78, 5) is 25.5. The summed E-state index contributed by atoms with van der Waals surface area (Å²) in [5.74, 6) is -0.0642. The predicted octanol–water partition coefficient (Wildman–Crippen LogP) is 3.62. The van der Waals surface area contributed by atoms with E-state index in [1.807, 2.05) is 38.1 Å². The zero-order valence-electron chi connectivity index (χ0n) is 15.6. The van der Waals surface area contributed by atoms with Gasteiger partial charge in [-0.15, -0.1) is 0 Å². The van der Waals surface area contributed by atoms with Crippen molar-refractivity contribution >= 4 is 11.8 Å². The van der Waals surface area contributed by atoms with Gasteiger partial charge < -0.3 is 14.8 Å². The highest BCUT2D eigenvalue weighted by Crippen LogP contribution is 2.45. The van der Waals surface area contributed by atoms with Gasteiger partial charge in [0.05, 0.1) is 24.7 Å². The van der Waals surface area contributed by atoms with Gasteiger partial charge in [-0.05, 0) is 39.7 Å². The molecule has 0 saturated carbocycles. The van der Waals surface area contributed by atoms with Gasteiger partial charge in [-0.2, -0.15) is 0 Å². The largest absolute Gasteiger partial charge is 0.494 e. The van der Waals surface area contributed by atoms with E-state index in [9.17, 15) is 9.59 Å². The summed E-state index contributed by atoms with van der Waals surface area (Å²) >= 11 is 0. The molecule has 0 fully saturated rings. The Morgan fingerprint density at radius 2 is 1.96 bits per heavy atom. The van der Waals surface area contributed by atoms with Crippen LogP contribution in [0.1, 0.15) is 51.5 Å². The highest BCUT2D eigenvalue weighted by atomic mass is 16.5. The lowest BCUT2D eigenvalue weighted by Crippen LogP contribution is -2.34. The second-order valence-corrected chi connectivity index (χ2v) is 6.46. The minimum Gasteiger partial charge on any atom is -0.494 e. The second-order valence-electron chi connectivity index (χ2n) is 6.46. The fourth-order valence-corrected chi connectivity index (χ4v) is 3.78. The first-order chi connectivity index (χ1) is 12.6. The Kier molecular flexibility index (Phi) is 5.45. The number of carbonyl (C=O) groups is 2. The molecule has 1 heterocycles. The fraction of sp³-hybridized carbons (Fsp3) is 0.429. The lowest BCUT2D eigenvalue weighted by atomic mass is 9.75. The summed E-state index contributed by atoms with van der Waals surface area (Å²) in [6, 6.07) is 7.62. The number of benzene rings is 1. The Labute approximate surface area is 154 Å². The smallest absolute Gasteiger partial charge is 0.336 e. The van der Waals surface area contributed by atoms with Gasteiger partial charge in [0.25, 0.3) is 0 Å². The molecule has 0 bridgehead atoms. The molecule has 1 atom stereocenters. The SMILES string of the molecule is CCOC(=O)C1=C(C)NC2=C(C(=O)CCC2)[C@H]1c1ccccc1OCC. The summed E-state index contributed by atoms with van der Waals surface area (Å²) < 4.78 is 11.1. The Morgan fingerprint density at radius 3 is 2.69 bits per heavy atom. The van der Waals surface area contributed by atoms with Crippen molar-refractivity contribution < 1.29 is 19.1 Å². The van der Waals surface area contributed by atoms with Gasteiger partial charge in [0, 0.05) is 29.0 Å². The number of ketones is 1. The summed E-state index contributed by atoms with van der Waals surface area (Å²) in [7, 11) is 0.